The maximum atomic E-state index is 12.3. The molecule has 134 valence electrons. The molecule has 2 aromatic carbocycles. The van der Waals surface area contributed by atoms with Gasteiger partial charge in [-0.3, -0.25) is 4.79 Å². The number of nitriles is 1. The van der Waals surface area contributed by atoms with Gasteiger partial charge in [0.2, 0.25) is 0 Å². The second-order valence-electron chi connectivity index (χ2n) is 5.21. The largest absolute Gasteiger partial charge is 0.497 e. The summed E-state index contributed by atoms with van der Waals surface area (Å²) >= 11 is 0. The van der Waals surface area contributed by atoms with Gasteiger partial charge < -0.3 is 14.2 Å². The quantitative estimate of drug-likeness (QED) is 0.610. The Labute approximate surface area is 151 Å². The van der Waals surface area contributed by atoms with Crippen LogP contribution < -0.4 is 19.6 Å². The van der Waals surface area contributed by atoms with Crippen molar-refractivity contribution < 1.29 is 19.0 Å². The fraction of sp³-hybridized carbons (Fsp3) is 0.211. The second-order valence-corrected chi connectivity index (χ2v) is 5.21. The van der Waals surface area contributed by atoms with E-state index in [1.165, 1.54) is 14.2 Å². The van der Waals surface area contributed by atoms with Crippen LogP contribution in [0.3, 0.4) is 0 Å². The predicted molar refractivity (Wildman–Crippen MR) is 96.8 cm³/mol. The molecule has 1 N–H and O–H groups in total. The number of carbonyl (C=O) groups is 1. The molecular weight excluding hydrogens is 334 g/mol. The van der Waals surface area contributed by atoms with E-state index < -0.39 is 0 Å². The van der Waals surface area contributed by atoms with Crippen LogP contribution in [0.25, 0.3) is 0 Å². The molecule has 7 heteroatoms. The van der Waals surface area contributed by atoms with Gasteiger partial charge in [0, 0.05) is 11.6 Å². The number of amides is 1. The normalized spacial score (nSPS) is 10.6. The first-order valence-electron chi connectivity index (χ1n) is 7.75. The molecular formula is C19H19N3O4. The first-order valence-corrected chi connectivity index (χ1v) is 7.75. The summed E-state index contributed by atoms with van der Waals surface area (Å²) in [5.74, 6) is 1.25. The molecule has 0 radical (unpaired) electrons. The smallest absolute Gasteiger partial charge is 0.271 e. The van der Waals surface area contributed by atoms with Crippen LogP contribution in [0.5, 0.6) is 17.2 Å². The molecule has 0 heterocycles. The van der Waals surface area contributed by atoms with Gasteiger partial charge >= 0.3 is 0 Å². The fourth-order valence-electron chi connectivity index (χ4n) is 2.11. The Hall–Kier alpha value is -3.53. The Kier molecular flexibility index (Phi) is 6.57. The van der Waals surface area contributed by atoms with E-state index in [0.29, 0.717) is 28.5 Å². The van der Waals surface area contributed by atoms with Crippen molar-refractivity contribution in [2.75, 3.05) is 20.8 Å². The van der Waals surface area contributed by atoms with Gasteiger partial charge in [-0.1, -0.05) is 0 Å². The lowest BCUT2D eigenvalue weighted by Crippen LogP contribution is -2.19. The average Bonchev–Trinajstić information content (AvgIpc) is 2.69. The van der Waals surface area contributed by atoms with Crippen molar-refractivity contribution in [3.05, 3.63) is 53.6 Å². The molecule has 7 nitrogen and oxygen atoms in total. The van der Waals surface area contributed by atoms with E-state index in [1.54, 1.807) is 49.4 Å². The molecule has 0 aromatic heterocycles. The van der Waals surface area contributed by atoms with Gasteiger partial charge in [0.1, 0.15) is 23.3 Å². The van der Waals surface area contributed by atoms with E-state index in [9.17, 15) is 4.79 Å². The van der Waals surface area contributed by atoms with Crippen LogP contribution in [0.4, 0.5) is 0 Å². The molecule has 0 aliphatic carbocycles. The van der Waals surface area contributed by atoms with Gasteiger partial charge in [-0.05, 0) is 48.9 Å². The molecule has 0 unspecified atom stereocenters. The Morgan fingerprint density at radius 3 is 2.19 bits per heavy atom. The van der Waals surface area contributed by atoms with E-state index in [-0.39, 0.29) is 12.5 Å². The molecule has 0 atom stereocenters. The van der Waals surface area contributed by atoms with Crippen LogP contribution in [0.1, 0.15) is 22.8 Å². The number of nitrogens with zero attached hydrogens (tertiary/aromatic N) is 2. The first-order chi connectivity index (χ1) is 12.6. The van der Waals surface area contributed by atoms with E-state index in [0.717, 1.165) is 5.56 Å². The summed E-state index contributed by atoms with van der Waals surface area (Å²) in [6.07, 6.45) is 0. The van der Waals surface area contributed by atoms with Crippen molar-refractivity contribution >= 4 is 11.6 Å². The fourth-order valence-corrected chi connectivity index (χ4v) is 2.11. The van der Waals surface area contributed by atoms with Gasteiger partial charge in [-0.2, -0.15) is 10.4 Å². The van der Waals surface area contributed by atoms with Crippen LogP contribution in [-0.2, 0) is 0 Å². The maximum absolute atomic E-state index is 12.3. The number of hydrazone groups is 1. The zero-order valence-corrected chi connectivity index (χ0v) is 14.8. The standard InChI is InChI=1S/C19H19N3O4/c1-13(14-4-6-16(7-5-14)26-9-8-20)21-22-19(23)15-10-17(24-2)12-18(11-15)25-3/h4-7,10-12H,9H2,1-3H3,(H,22,23)/b21-13-. The molecule has 1 amide bonds. The molecule has 2 aromatic rings. The Morgan fingerprint density at radius 1 is 1.04 bits per heavy atom. The minimum absolute atomic E-state index is 0.00746. The summed E-state index contributed by atoms with van der Waals surface area (Å²) in [7, 11) is 3.03. The summed E-state index contributed by atoms with van der Waals surface area (Å²) in [6.45, 7) is 1.77. The third kappa shape index (κ3) is 4.98. The highest BCUT2D eigenvalue weighted by molar-refractivity contribution is 6.01. The van der Waals surface area contributed by atoms with Gasteiger partial charge in [0.25, 0.3) is 5.91 Å². The van der Waals surface area contributed by atoms with Gasteiger partial charge in [-0.25, -0.2) is 5.43 Å². The molecule has 0 aliphatic rings. The van der Waals surface area contributed by atoms with Crippen molar-refractivity contribution in [1.29, 1.82) is 5.26 Å². The Bertz CT molecular complexity index is 817. The predicted octanol–water partition coefficient (Wildman–Crippen LogP) is 2.76. The van der Waals surface area contributed by atoms with E-state index >= 15 is 0 Å². The average molecular weight is 353 g/mol. The lowest BCUT2D eigenvalue weighted by atomic mass is 10.1. The lowest BCUT2D eigenvalue weighted by molar-refractivity contribution is 0.0954. The SMILES string of the molecule is COc1cc(OC)cc(C(=O)N/N=C(/C)c2ccc(OCC#N)cc2)c1. The number of carbonyl (C=O) groups excluding carboxylic acids is 1. The van der Waals surface area contributed by atoms with Crippen molar-refractivity contribution in [2.45, 2.75) is 6.92 Å². The van der Waals surface area contributed by atoms with Crippen molar-refractivity contribution in [3.63, 3.8) is 0 Å². The second kappa shape index (κ2) is 9.08. The monoisotopic (exact) mass is 353 g/mol. The number of ether oxygens (including phenoxy) is 3. The van der Waals surface area contributed by atoms with Crippen LogP contribution in [0.15, 0.2) is 47.6 Å². The third-order valence-electron chi connectivity index (χ3n) is 3.51. The zero-order valence-electron chi connectivity index (χ0n) is 14.8. The summed E-state index contributed by atoms with van der Waals surface area (Å²) in [6, 6.07) is 13.9. The third-order valence-corrected chi connectivity index (χ3v) is 3.51. The van der Waals surface area contributed by atoms with Gasteiger partial charge in [0.15, 0.2) is 6.61 Å². The zero-order chi connectivity index (χ0) is 18.9. The number of hydrogen-bond acceptors (Lipinski definition) is 6. The highest BCUT2D eigenvalue weighted by Gasteiger charge is 2.09. The topological polar surface area (TPSA) is 92.9 Å². The number of hydrogen-bond donors (Lipinski definition) is 1. The number of rotatable bonds is 7. The summed E-state index contributed by atoms with van der Waals surface area (Å²) < 4.78 is 15.5. The molecule has 0 saturated heterocycles. The summed E-state index contributed by atoms with van der Waals surface area (Å²) in [4.78, 5) is 12.3. The first kappa shape index (κ1) is 18.8. The minimum Gasteiger partial charge on any atom is -0.497 e. The van der Waals surface area contributed by atoms with Crippen molar-refractivity contribution in [1.82, 2.24) is 5.43 Å². The van der Waals surface area contributed by atoms with Crippen LogP contribution in [-0.4, -0.2) is 32.4 Å². The highest BCUT2D eigenvalue weighted by Crippen LogP contribution is 2.22. The number of benzene rings is 2. The van der Waals surface area contributed by atoms with E-state index in [4.69, 9.17) is 19.5 Å². The lowest BCUT2D eigenvalue weighted by Gasteiger charge is -2.08. The van der Waals surface area contributed by atoms with Crippen molar-refractivity contribution in [2.24, 2.45) is 5.10 Å². The Morgan fingerprint density at radius 2 is 1.65 bits per heavy atom. The van der Waals surface area contributed by atoms with Gasteiger partial charge in [-0.15, -0.1) is 0 Å². The summed E-state index contributed by atoms with van der Waals surface area (Å²) in [5, 5.41) is 12.6. The number of methoxy groups -OCH3 is 2. The van der Waals surface area contributed by atoms with E-state index in [2.05, 4.69) is 10.5 Å². The van der Waals surface area contributed by atoms with Gasteiger partial charge in [0.05, 0.1) is 19.9 Å². The van der Waals surface area contributed by atoms with Crippen molar-refractivity contribution in [3.8, 4) is 23.3 Å². The number of nitrogens with one attached hydrogen (secondary N) is 1. The molecule has 26 heavy (non-hydrogen) atoms. The molecule has 2 rings (SSSR count). The molecule has 0 spiro atoms. The molecule has 0 saturated carbocycles. The van der Waals surface area contributed by atoms with Crippen LogP contribution in [0, 0.1) is 11.3 Å². The van der Waals surface area contributed by atoms with Crippen LogP contribution in [0.2, 0.25) is 0 Å². The van der Waals surface area contributed by atoms with E-state index in [1.807, 2.05) is 6.07 Å². The molecule has 0 aliphatic heterocycles. The minimum atomic E-state index is -0.379. The maximum Gasteiger partial charge on any atom is 0.271 e. The van der Waals surface area contributed by atoms with Crippen LogP contribution >= 0.6 is 0 Å². The highest BCUT2D eigenvalue weighted by atomic mass is 16.5. The summed E-state index contributed by atoms with van der Waals surface area (Å²) in [5.41, 5.74) is 4.33. The molecule has 0 bridgehead atoms. The Balaban J connectivity index is 2.08. The molecule has 0 fully saturated rings.